The summed E-state index contributed by atoms with van der Waals surface area (Å²) in [5, 5.41) is 7.62. The van der Waals surface area contributed by atoms with E-state index in [1.165, 1.54) is 0 Å². The third-order valence-electron chi connectivity index (χ3n) is 4.81. The van der Waals surface area contributed by atoms with Crippen molar-refractivity contribution in [3.05, 3.63) is 58.5 Å². The van der Waals surface area contributed by atoms with E-state index < -0.39 is 0 Å². The van der Waals surface area contributed by atoms with Crippen molar-refractivity contribution >= 4 is 11.9 Å². The predicted molar refractivity (Wildman–Crippen MR) is 110 cm³/mol. The average molecular weight is 378 g/mol. The molecule has 0 aliphatic heterocycles. The minimum Gasteiger partial charge on any atom is -0.368 e. The molecule has 3 rings (SSSR count). The number of amides is 1. The Kier molecular flexibility index (Phi) is 5.44. The molecule has 1 atom stereocenters. The minimum absolute atomic E-state index is 0.142. The predicted octanol–water partition coefficient (Wildman–Crippen LogP) is 3.36. The highest BCUT2D eigenvalue weighted by atomic mass is 16.1. The summed E-state index contributed by atoms with van der Waals surface area (Å²) in [6, 6.07) is 9.06. The van der Waals surface area contributed by atoms with Crippen LogP contribution in [-0.4, -0.2) is 25.7 Å². The highest BCUT2D eigenvalue weighted by Crippen LogP contribution is 2.23. The van der Waals surface area contributed by atoms with Gasteiger partial charge >= 0.3 is 0 Å². The zero-order chi connectivity index (χ0) is 20.4. The number of nitrogens with two attached hydrogens (primary N) is 1. The average Bonchev–Trinajstić information content (AvgIpc) is 2.94. The molecule has 0 aliphatic carbocycles. The third-order valence-corrected chi connectivity index (χ3v) is 4.81. The van der Waals surface area contributed by atoms with E-state index in [0.29, 0.717) is 11.3 Å². The molecule has 1 aromatic carbocycles. The molecule has 7 nitrogen and oxygen atoms in total. The van der Waals surface area contributed by atoms with E-state index in [9.17, 15) is 4.79 Å². The molecule has 1 unspecified atom stereocenters. The summed E-state index contributed by atoms with van der Waals surface area (Å²) >= 11 is 0. The fourth-order valence-corrected chi connectivity index (χ4v) is 3.56. The Morgan fingerprint density at radius 3 is 2.61 bits per heavy atom. The van der Waals surface area contributed by atoms with Crippen LogP contribution in [0.3, 0.4) is 0 Å². The molecule has 7 heteroatoms. The maximum absolute atomic E-state index is 12.8. The Bertz CT molecular complexity index is 1000. The highest BCUT2D eigenvalue weighted by Gasteiger charge is 2.19. The number of rotatable bonds is 5. The first-order valence-electron chi connectivity index (χ1n) is 9.36. The van der Waals surface area contributed by atoms with Gasteiger partial charge in [0.15, 0.2) is 0 Å². The zero-order valence-corrected chi connectivity index (χ0v) is 16.9. The lowest BCUT2D eigenvalue weighted by atomic mass is 10.0. The number of nitrogens with zero attached hydrogens (tertiary/aromatic N) is 4. The molecule has 3 aromatic rings. The zero-order valence-electron chi connectivity index (χ0n) is 16.9. The normalized spacial score (nSPS) is 12.0. The van der Waals surface area contributed by atoms with Crippen LogP contribution in [0.5, 0.6) is 0 Å². The standard InChI is InChI=1S/C21H26N6O/c1-6-27-15(5)19(14(4)26-27)13(3)24-20(28)17-9-7-8-16(11-17)18-10-12(2)23-21(22)25-18/h7-11,13H,6H2,1-5H3,(H,24,28)(H2,22,23,25). The highest BCUT2D eigenvalue weighted by molar-refractivity contribution is 5.95. The molecule has 1 amide bonds. The number of benzene rings is 1. The van der Waals surface area contributed by atoms with E-state index in [0.717, 1.165) is 34.8 Å². The summed E-state index contributed by atoms with van der Waals surface area (Å²) in [5.74, 6) is 0.0773. The summed E-state index contributed by atoms with van der Waals surface area (Å²) in [7, 11) is 0. The van der Waals surface area contributed by atoms with Gasteiger partial charge in [-0.3, -0.25) is 9.48 Å². The summed E-state index contributed by atoms with van der Waals surface area (Å²) < 4.78 is 1.95. The van der Waals surface area contributed by atoms with Gasteiger partial charge in [-0.2, -0.15) is 5.10 Å². The molecule has 3 N–H and O–H groups in total. The van der Waals surface area contributed by atoms with Crippen LogP contribution < -0.4 is 11.1 Å². The van der Waals surface area contributed by atoms with E-state index in [-0.39, 0.29) is 17.9 Å². The number of carbonyl (C=O) groups is 1. The largest absolute Gasteiger partial charge is 0.368 e. The smallest absolute Gasteiger partial charge is 0.251 e. The van der Waals surface area contributed by atoms with Gasteiger partial charge in [0.1, 0.15) is 0 Å². The first-order chi connectivity index (χ1) is 13.3. The van der Waals surface area contributed by atoms with Crippen LogP contribution in [0.1, 0.15) is 52.9 Å². The third kappa shape index (κ3) is 3.88. The molecule has 2 aromatic heterocycles. The first-order valence-corrected chi connectivity index (χ1v) is 9.36. The number of hydrogen-bond donors (Lipinski definition) is 2. The second-order valence-corrected chi connectivity index (χ2v) is 6.93. The topological polar surface area (TPSA) is 98.7 Å². The molecule has 0 fully saturated rings. The van der Waals surface area contributed by atoms with Crippen molar-refractivity contribution in [2.75, 3.05) is 5.73 Å². The molecular weight excluding hydrogens is 352 g/mol. The monoisotopic (exact) mass is 378 g/mol. The van der Waals surface area contributed by atoms with Gasteiger partial charge in [0.25, 0.3) is 5.91 Å². The summed E-state index contributed by atoms with van der Waals surface area (Å²) in [6.45, 7) is 10.7. The first kappa shape index (κ1) is 19.5. The van der Waals surface area contributed by atoms with Gasteiger partial charge in [-0.05, 0) is 52.8 Å². The van der Waals surface area contributed by atoms with E-state index in [4.69, 9.17) is 5.73 Å². The molecular formula is C21H26N6O. The van der Waals surface area contributed by atoms with Crippen LogP contribution in [0.4, 0.5) is 5.95 Å². The van der Waals surface area contributed by atoms with Crippen molar-refractivity contribution < 1.29 is 4.79 Å². The second-order valence-electron chi connectivity index (χ2n) is 6.93. The number of aromatic nitrogens is 4. The Morgan fingerprint density at radius 2 is 1.96 bits per heavy atom. The number of nitrogen functional groups attached to an aromatic ring is 1. The Morgan fingerprint density at radius 1 is 1.21 bits per heavy atom. The fourth-order valence-electron chi connectivity index (χ4n) is 3.56. The van der Waals surface area contributed by atoms with Gasteiger partial charge < -0.3 is 11.1 Å². The van der Waals surface area contributed by atoms with Gasteiger partial charge in [-0.25, -0.2) is 9.97 Å². The van der Waals surface area contributed by atoms with Crippen LogP contribution in [-0.2, 0) is 6.54 Å². The lowest BCUT2D eigenvalue weighted by Crippen LogP contribution is -2.27. The molecule has 0 bridgehead atoms. The molecule has 28 heavy (non-hydrogen) atoms. The summed E-state index contributed by atoms with van der Waals surface area (Å²) in [4.78, 5) is 21.2. The maximum atomic E-state index is 12.8. The quantitative estimate of drug-likeness (QED) is 0.709. The van der Waals surface area contributed by atoms with Crippen molar-refractivity contribution in [2.45, 2.75) is 47.2 Å². The number of carbonyl (C=O) groups excluding carboxylic acids is 1. The number of aryl methyl sites for hydroxylation is 3. The Balaban J connectivity index is 1.84. The van der Waals surface area contributed by atoms with Crippen LogP contribution in [0.25, 0.3) is 11.3 Å². The van der Waals surface area contributed by atoms with Crippen LogP contribution in [0.2, 0.25) is 0 Å². The Hall–Kier alpha value is -3.22. The molecule has 0 saturated heterocycles. The molecule has 0 saturated carbocycles. The second kappa shape index (κ2) is 7.80. The van der Waals surface area contributed by atoms with Crippen molar-refractivity contribution in [1.29, 1.82) is 0 Å². The van der Waals surface area contributed by atoms with E-state index >= 15 is 0 Å². The summed E-state index contributed by atoms with van der Waals surface area (Å²) in [6.07, 6.45) is 0. The molecule has 0 aliphatic rings. The van der Waals surface area contributed by atoms with Crippen LogP contribution in [0, 0.1) is 20.8 Å². The van der Waals surface area contributed by atoms with Gasteiger partial charge in [0, 0.05) is 34.6 Å². The molecule has 2 heterocycles. The number of anilines is 1. The van der Waals surface area contributed by atoms with E-state index in [2.05, 4.69) is 27.3 Å². The lowest BCUT2D eigenvalue weighted by molar-refractivity contribution is 0.0940. The Labute approximate surface area is 165 Å². The number of nitrogens with one attached hydrogen (secondary N) is 1. The molecule has 0 radical (unpaired) electrons. The van der Waals surface area contributed by atoms with E-state index in [1.54, 1.807) is 6.07 Å². The maximum Gasteiger partial charge on any atom is 0.251 e. The van der Waals surface area contributed by atoms with Crippen molar-refractivity contribution in [3.63, 3.8) is 0 Å². The van der Waals surface area contributed by atoms with Gasteiger partial charge in [0.05, 0.1) is 17.4 Å². The SMILES string of the molecule is CCn1nc(C)c(C(C)NC(=O)c2cccc(-c3cc(C)nc(N)n3)c2)c1C. The van der Waals surface area contributed by atoms with Crippen molar-refractivity contribution in [3.8, 4) is 11.3 Å². The minimum atomic E-state index is -0.145. The van der Waals surface area contributed by atoms with Crippen LogP contribution in [0.15, 0.2) is 30.3 Å². The van der Waals surface area contributed by atoms with Gasteiger partial charge in [-0.15, -0.1) is 0 Å². The lowest BCUT2D eigenvalue weighted by Gasteiger charge is -2.15. The molecule has 146 valence electrons. The van der Waals surface area contributed by atoms with E-state index in [1.807, 2.05) is 56.6 Å². The van der Waals surface area contributed by atoms with Gasteiger partial charge in [0.2, 0.25) is 5.95 Å². The molecule has 0 spiro atoms. The van der Waals surface area contributed by atoms with Gasteiger partial charge in [-0.1, -0.05) is 12.1 Å². The van der Waals surface area contributed by atoms with Crippen molar-refractivity contribution in [1.82, 2.24) is 25.1 Å². The van der Waals surface area contributed by atoms with Crippen LogP contribution >= 0.6 is 0 Å². The fraction of sp³-hybridized carbons (Fsp3) is 0.333. The number of hydrogen-bond acceptors (Lipinski definition) is 5. The summed E-state index contributed by atoms with van der Waals surface area (Å²) in [5.41, 5.74) is 11.7. The van der Waals surface area contributed by atoms with Crippen molar-refractivity contribution in [2.24, 2.45) is 0 Å².